The largest absolute Gasteiger partial charge is 0.384 e. The van der Waals surface area contributed by atoms with Crippen molar-refractivity contribution >= 4 is 0 Å². The predicted molar refractivity (Wildman–Crippen MR) is 75.7 cm³/mol. The molecule has 0 aliphatic carbocycles. The monoisotopic (exact) mass is 280 g/mol. The van der Waals surface area contributed by atoms with Crippen molar-refractivity contribution in [3.8, 4) is 11.8 Å². The molecule has 0 radical (unpaired) electrons. The Hall–Kier alpha value is -1.41. The van der Waals surface area contributed by atoms with Crippen LogP contribution < -0.4 is 0 Å². The van der Waals surface area contributed by atoms with E-state index in [-0.39, 0.29) is 12.4 Å². The van der Waals surface area contributed by atoms with Gasteiger partial charge in [0.2, 0.25) is 0 Å². The maximum Gasteiger partial charge on any atom is 0.124 e. The summed E-state index contributed by atoms with van der Waals surface area (Å²) in [6.07, 6.45) is 0. The van der Waals surface area contributed by atoms with E-state index in [4.69, 9.17) is 14.6 Å². The molecule has 1 aromatic rings. The molecule has 0 aromatic heterocycles. The Morgan fingerprint density at radius 1 is 1.25 bits per heavy atom. The van der Waals surface area contributed by atoms with Crippen molar-refractivity contribution in [2.45, 2.75) is 20.5 Å². The third-order valence-corrected chi connectivity index (χ3v) is 2.45. The van der Waals surface area contributed by atoms with E-state index in [1.807, 2.05) is 0 Å². The summed E-state index contributed by atoms with van der Waals surface area (Å²) < 4.78 is 24.0. The zero-order valence-electron chi connectivity index (χ0n) is 12.0. The number of hydrogen-bond donors (Lipinski definition) is 1. The summed E-state index contributed by atoms with van der Waals surface area (Å²) in [5.74, 6) is 5.39. The van der Waals surface area contributed by atoms with Crippen molar-refractivity contribution < 1.29 is 19.0 Å². The van der Waals surface area contributed by atoms with Crippen LogP contribution in [-0.4, -0.2) is 31.5 Å². The minimum atomic E-state index is -0.351. The first-order valence-electron chi connectivity index (χ1n) is 6.67. The van der Waals surface area contributed by atoms with Crippen molar-refractivity contribution in [3.63, 3.8) is 0 Å². The molecule has 0 unspecified atom stereocenters. The lowest BCUT2D eigenvalue weighted by molar-refractivity contribution is 0.0314. The maximum absolute atomic E-state index is 13.1. The fourth-order valence-corrected chi connectivity index (χ4v) is 1.54. The Bertz CT molecular complexity index is 461. The van der Waals surface area contributed by atoms with Gasteiger partial charge < -0.3 is 14.6 Å². The van der Waals surface area contributed by atoms with Crippen LogP contribution in [-0.2, 0) is 16.1 Å². The van der Waals surface area contributed by atoms with E-state index in [2.05, 4.69) is 25.7 Å². The first kappa shape index (κ1) is 16.6. The molecule has 1 N–H and O–H groups in total. The molecule has 1 rings (SSSR count). The van der Waals surface area contributed by atoms with E-state index in [1.54, 1.807) is 6.07 Å². The zero-order chi connectivity index (χ0) is 14.8. The van der Waals surface area contributed by atoms with E-state index in [0.717, 1.165) is 5.56 Å². The molecular formula is C16H21FO3. The van der Waals surface area contributed by atoms with Gasteiger partial charge in [0.05, 0.1) is 19.8 Å². The van der Waals surface area contributed by atoms with Gasteiger partial charge in [-0.1, -0.05) is 31.8 Å². The molecule has 1 aromatic carbocycles. The van der Waals surface area contributed by atoms with Gasteiger partial charge in [-0.05, 0) is 23.6 Å². The summed E-state index contributed by atoms with van der Waals surface area (Å²) in [5.41, 5.74) is 1.35. The average molecular weight is 280 g/mol. The molecule has 0 bridgehead atoms. The Labute approximate surface area is 119 Å². The topological polar surface area (TPSA) is 38.7 Å². The van der Waals surface area contributed by atoms with Gasteiger partial charge in [-0.15, -0.1) is 0 Å². The summed E-state index contributed by atoms with van der Waals surface area (Å²) in [6.45, 7) is 6.01. The van der Waals surface area contributed by atoms with Crippen LogP contribution in [0.5, 0.6) is 0 Å². The summed E-state index contributed by atoms with van der Waals surface area (Å²) in [6, 6.07) is 4.36. The third-order valence-electron chi connectivity index (χ3n) is 2.45. The minimum Gasteiger partial charge on any atom is -0.384 e. The minimum absolute atomic E-state index is 0.250. The van der Waals surface area contributed by atoms with E-state index in [9.17, 15) is 4.39 Å². The second kappa shape index (κ2) is 9.49. The summed E-state index contributed by atoms with van der Waals surface area (Å²) >= 11 is 0. The second-order valence-corrected chi connectivity index (χ2v) is 4.78. The van der Waals surface area contributed by atoms with Crippen LogP contribution >= 0.6 is 0 Å². The molecule has 0 heterocycles. The number of benzene rings is 1. The molecule has 0 aliphatic rings. The highest BCUT2D eigenvalue weighted by Crippen LogP contribution is 2.11. The van der Waals surface area contributed by atoms with Crippen LogP contribution in [0.4, 0.5) is 4.39 Å². The van der Waals surface area contributed by atoms with Gasteiger partial charge in [0, 0.05) is 12.2 Å². The molecule has 20 heavy (non-hydrogen) atoms. The van der Waals surface area contributed by atoms with Crippen molar-refractivity contribution in [2.75, 3.05) is 26.4 Å². The van der Waals surface area contributed by atoms with Crippen LogP contribution in [0.25, 0.3) is 0 Å². The van der Waals surface area contributed by atoms with Crippen LogP contribution in [0, 0.1) is 23.6 Å². The molecule has 4 heteroatoms. The van der Waals surface area contributed by atoms with Crippen molar-refractivity contribution in [2.24, 2.45) is 5.92 Å². The van der Waals surface area contributed by atoms with Gasteiger partial charge in [0.1, 0.15) is 12.4 Å². The number of halogens is 1. The van der Waals surface area contributed by atoms with Gasteiger partial charge >= 0.3 is 0 Å². The number of ether oxygens (including phenoxy) is 2. The number of hydrogen-bond acceptors (Lipinski definition) is 3. The van der Waals surface area contributed by atoms with Crippen LogP contribution in [0.1, 0.15) is 25.0 Å². The molecule has 0 atom stereocenters. The summed E-state index contributed by atoms with van der Waals surface area (Å²) in [7, 11) is 0. The third kappa shape index (κ3) is 6.67. The normalized spacial score (nSPS) is 10.4. The SMILES string of the molecule is CC(C)COCCOCc1ccc(F)cc1C#CCO. The fourth-order valence-electron chi connectivity index (χ4n) is 1.54. The van der Waals surface area contributed by atoms with Crippen molar-refractivity contribution in [1.82, 2.24) is 0 Å². The quantitative estimate of drug-likeness (QED) is 0.615. The Balaban J connectivity index is 2.43. The van der Waals surface area contributed by atoms with E-state index in [1.165, 1.54) is 12.1 Å². The van der Waals surface area contributed by atoms with Gasteiger partial charge in [0.25, 0.3) is 0 Å². The molecule has 0 saturated carbocycles. The lowest BCUT2D eigenvalue weighted by Gasteiger charge is -2.09. The highest BCUT2D eigenvalue weighted by molar-refractivity contribution is 5.41. The van der Waals surface area contributed by atoms with E-state index < -0.39 is 0 Å². The lowest BCUT2D eigenvalue weighted by Crippen LogP contribution is -2.08. The van der Waals surface area contributed by atoms with Gasteiger partial charge in [-0.2, -0.15) is 0 Å². The molecule has 0 saturated heterocycles. The Morgan fingerprint density at radius 2 is 2.00 bits per heavy atom. The molecule has 0 fully saturated rings. The lowest BCUT2D eigenvalue weighted by atomic mass is 10.1. The average Bonchev–Trinajstić information content (AvgIpc) is 2.41. The van der Waals surface area contributed by atoms with E-state index >= 15 is 0 Å². The number of aliphatic hydroxyl groups excluding tert-OH is 1. The van der Waals surface area contributed by atoms with Gasteiger partial charge in [0.15, 0.2) is 0 Å². The molecule has 0 spiro atoms. The number of aliphatic hydroxyl groups is 1. The molecule has 0 aliphatic heterocycles. The summed E-state index contributed by atoms with van der Waals surface area (Å²) in [5, 5.41) is 8.69. The van der Waals surface area contributed by atoms with Gasteiger partial charge in [-0.3, -0.25) is 0 Å². The highest BCUT2D eigenvalue weighted by Gasteiger charge is 2.02. The van der Waals surface area contributed by atoms with Crippen molar-refractivity contribution in [1.29, 1.82) is 0 Å². The predicted octanol–water partition coefficient (Wildman–Crippen LogP) is 2.36. The Kier molecular flexibility index (Phi) is 7.89. The van der Waals surface area contributed by atoms with Crippen molar-refractivity contribution in [3.05, 3.63) is 35.1 Å². The summed E-state index contributed by atoms with van der Waals surface area (Å²) in [4.78, 5) is 0. The first-order chi connectivity index (χ1) is 9.63. The molecule has 110 valence electrons. The van der Waals surface area contributed by atoms with E-state index in [0.29, 0.717) is 37.9 Å². The Morgan fingerprint density at radius 3 is 2.70 bits per heavy atom. The molecule has 3 nitrogen and oxygen atoms in total. The smallest absolute Gasteiger partial charge is 0.124 e. The second-order valence-electron chi connectivity index (χ2n) is 4.78. The molecular weight excluding hydrogens is 259 g/mol. The van der Waals surface area contributed by atoms with Crippen LogP contribution in [0.3, 0.4) is 0 Å². The fraction of sp³-hybridized carbons (Fsp3) is 0.500. The maximum atomic E-state index is 13.1. The highest BCUT2D eigenvalue weighted by atomic mass is 19.1. The number of rotatable bonds is 7. The molecule has 0 amide bonds. The first-order valence-corrected chi connectivity index (χ1v) is 6.67. The standard InChI is InChI=1S/C16H21FO3/c1-13(2)11-19-8-9-20-12-15-5-6-16(17)10-14(15)4-3-7-18/h5-6,10,13,18H,7-9,11-12H2,1-2H3. The van der Waals surface area contributed by atoms with Gasteiger partial charge in [-0.25, -0.2) is 4.39 Å². The van der Waals surface area contributed by atoms with Crippen LogP contribution in [0.2, 0.25) is 0 Å². The zero-order valence-corrected chi connectivity index (χ0v) is 12.0. The van der Waals surface area contributed by atoms with Crippen LogP contribution in [0.15, 0.2) is 18.2 Å².